The van der Waals surface area contributed by atoms with Crippen molar-refractivity contribution in [2.45, 2.75) is 6.92 Å². The molecule has 0 aliphatic rings. The van der Waals surface area contributed by atoms with Gasteiger partial charge in [-0.05, 0) is 50.9 Å². The van der Waals surface area contributed by atoms with Crippen LogP contribution in [0.1, 0.15) is 12.5 Å². The molecule has 2 N–H and O–H groups in total. The molecule has 0 bridgehead atoms. The first-order valence-electron chi connectivity index (χ1n) is 7.55. The van der Waals surface area contributed by atoms with E-state index in [2.05, 4.69) is 66.7 Å². The summed E-state index contributed by atoms with van der Waals surface area (Å²) in [5, 5.41) is 7.71. The Labute approximate surface area is 129 Å². The van der Waals surface area contributed by atoms with Crippen molar-refractivity contribution in [1.29, 1.82) is 0 Å². The molecule has 0 saturated heterocycles. The molecule has 1 heteroatoms. The lowest BCUT2D eigenvalue weighted by Crippen LogP contribution is -1.95. The first kappa shape index (κ1) is 12.9. The van der Waals surface area contributed by atoms with Gasteiger partial charge < -0.3 is 5.73 Å². The van der Waals surface area contributed by atoms with Gasteiger partial charge >= 0.3 is 0 Å². The Morgan fingerprint density at radius 1 is 0.682 bits per heavy atom. The summed E-state index contributed by atoms with van der Waals surface area (Å²) in [5.41, 5.74) is 8.00. The predicted octanol–water partition coefficient (Wildman–Crippen LogP) is 5.47. The van der Waals surface area contributed by atoms with Crippen LogP contribution >= 0.6 is 0 Å². The van der Waals surface area contributed by atoms with Crippen molar-refractivity contribution in [3.8, 4) is 0 Å². The third kappa shape index (κ3) is 1.79. The molecule has 0 spiro atoms. The maximum Gasteiger partial charge on any atom is 0.0344 e. The van der Waals surface area contributed by atoms with Crippen molar-refractivity contribution in [3.63, 3.8) is 0 Å². The van der Waals surface area contributed by atoms with Gasteiger partial charge in [-0.1, -0.05) is 66.7 Å². The van der Waals surface area contributed by atoms with Crippen molar-refractivity contribution < 1.29 is 0 Å². The zero-order valence-electron chi connectivity index (χ0n) is 12.5. The summed E-state index contributed by atoms with van der Waals surface area (Å²) in [7, 11) is 0. The Kier molecular flexibility index (Phi) is 2.87. The second kappa shape index (κ2) is 4.88. The van der Waals surface area contributed by atoms with E-state index < -0.39 is 0 Å². The van der Waals surface area contributed by atoms with E-state index in [1.54, 1.807) is 0 Å². The molecule has 0 aromatic heterocycles. The monoisotopic (exact) mass is 283 g/mol. The van der Waals surface area contributed by atoms with E-state index >= 15 is 0 Å². The molecule has 0 unspecified atom stereocenters. The Bertz CT molecular complexity index is 1010. The molecule has 4 rings (SSSR count). The molecular formula is C21H17N. The van der Waals surface area contributed by atoms with Crippen LogP contribution in [0.5, 0.6) is 0 Å². The maximum atomic E-state index is 6.10. The van der Waals surface area contributed by atoms with E-state index in [1.807, 2.05) is 13.0 Å². The zero-order chi connectivity index (χ0) is 15.1. The van der Waals surface area contributed by atoms with Crippen LogP contribution in [0.25, 0.3) is 38.0 Å². The van der Waals surface area contributed by atoms with Gasteiger partial charge in [-0.2, -0.15) is 0 Å². The van der Waals surface area contributed by atoms with Gasteiger partial charge in [0.25, 0.3) is 0 Å². The molecule has 4 aromatic rings. The van der Waals surface area contributed by atoms with Crippen LogP contribution in [-0.2, 0) is 0 Å². The van der Waals surface area contributed by atoms with Crippen molar-refractivity contribution in [3.05, 3.63) is 78.4 Å². The standard InChI is InChI=1S/C21H17N/c1-2-21(22)14-11-12-19-17-9-4-3-7-15(17)16-8-5-6-10-18(16)20(19)13-14/h2-13H,22H2,1H3/b21-2-. The molecule has 0 fully saturated rings. The number of fused-ring (bicyclic) bond motifs is 6. The molecule has 0 aliphatic heterocycles. The van der Waals surface area contributed by atoms with Gasteiger partial charge in [0.1, 0.15) is 0 Å². The number of hydrogen-bond acceptors (Lipinski definition) is 1. The first-order valence-corrected chi connectivity index (χ1v) is 7.55. The van der Waals surface area contributed by atoms with Crippen LogP contribution in [0.2, 0.25) is 0 Å². The van der Waals surface area contributed by atoms with E-state index in [1.165, 1.54) is 32.3 Å². The molecule has 0 heterocycles. The van der Waals surface area contributed by atoms with Crippen molar-refractivity contribution >= 4 is 38.0 Å². The molecule has 4 aromatic carbocycles. The summed E-state index contributed by atoms with van der Waals surface area (Å²) in [6, 6.07) is 23.7. The minimum absolute atomic E-state index is 0.819. The fourth-order valence-corrected chi connectivity index (χ4v) is 3.25. The van der Waals surface area contributed by atoms with Gasteiger partial charge in [0, 0.05) is 5.70 Å². The SMILES string of the molecule is C/C=C(\N)c1ccc2c3ccccc3c3ccccc3c2c1. The van der Waals surface area contributed by atoms with E-state index in [0.717, 1.165) is 11.3 Å². The second-order valence-corrected chi connectivity index (χ2v) is 5.60. The Morgan fingerprint density at radius 2 is 1.14 bits per heavy atom. The maximum absolute atomic E-state index is 6.10. The van der Waals surface area contributed by atoms with Crippen molar-refractivity contribution in [2.75, 3.05) is 0 Å². The molecule has 0 amide bonds. The van der Waals surface area contributed by atoms with Gasteiger partial charge in [0.15, 0.2) is 0 Å². The summed E-state index contributed by atoms with van der Waals surface area (Å²) >= 11 is 0. The first-order chi connectivity index (χ1) is 10.8. The van der Waals surface area contributed by atoms with E-state index in [-0.39, 0.29) is 0 Å². The molecule has 106 valence electrons. The smallest absolute Gasteiger partial charge is 0.0344 e. The van der Waals surface area contributed by atoms with Gasteiger partial charge in [0.05, 0.1) is 0 Å². The number of allylic oxidation sites excluding steroid dienone is 1. The summed E-state index contributed by atoms with van der Waals surface area (Å²) in [6.45, 7) is 1.97. The fraction of sp³-hybridized carbons (Fsp3) is 0.0476. The van der Waals surface area contributed by atoms with Gasteiger partial charge in [-0.25, -0.2) is 0 Å². The van der Waals surface area contributed by atoms with Crippen molar-refractivity contribution in [1.82, 2.24) is 0 Å². The lowest BCUT2D eigenvalue weighted by atomic mass is 9.93. The lowest BCUT2D eigenvalue weighted by molar-refractivity contribution is 1.51. The number of nitrogens with two attached hydrogens (primary N) is 1. The minimum atomic E-state index is 0.819. The predicted molar refractivity (Wildman–Crippen MR) is 96.8 cm³/mol. The summed E-state index contributed by atoms with van der Waals surface area (Å²) in [6.07, 6.45) is 1.95. The zero-order valence-corrected chi connectivity index (χ0v) is 12.5. The molecule has 0 aliphatic carbocycles. The van der Waals surface area contributed by atoms with Crippen LogP contribution in [0, 0.1) is 0 Å². The Balaban J connectivity index is 2.27. The third-order valence-electron chi connectivity index (χ3n) is 4.39. The largest absolute Gasteiger partial charge is 0.399 e. The Hall–Kier alpha value is -2.80. The molecule has 22 heavy (non-hydrogen) atoms. The summed E-state index contributed by atoms with van der Waals surface area (Å²) in [4.78, 5) is 0. The lowest BCUT2D eigenvalue weighted by Gasteiger charge is -2.11. The number of rotatable bonds is 1. The van der Waals surface area contributed by atoms with E-state index in [4.69, 9.17) is 5.73 Å². The highest BCUT2D eigenvalue weighted by Crippen LogP contribution is 2.35. The van der Waals surface area contributed by atoms with Crippen LogP contribution < -0.4 is 5.73 Å². The highest BCUT2D eigenvalue weighted by atomic mass is 14.6. The molecule has 0 radical (unpaired) electrons. The highest BCUT2D eigenvalue weighted by Gasteiger charge is 2.08. The second-order valence-electron chi connectivity index (χ2n) is 5.60. The van der Waals surface area contributed by atoms with E-state index in [0.29, 0.717) is 0 Å². The molecule has 0 atom stereocenters. The normalized spacial score (nSPS) is 12.3. The van der Waals surface area contributed by atoms with Gasteiger partial charge in [0.2, 0.25) is 0 Å². The summed E-state index contributed by atoms with van der Waals surface area (Å²) < 4.78 is 0. The fourth-order valence-electron chi connectivity index (χ4n) is 3.25. The van der Waals surface area contributed by atoms with Gasteiger partial charge in [-0.15, -0.1) is 0 Å². The third-order valence-corrected chi connectivity index (χ3v) is 4.39. The van der Waals surface area contributed by atoms with Crippen LogP contribution in [0.4, 0.5) is 0 Å². The van der Waals surface area contributed by atoms with E-state index in [9.17, 15) is 0 Å². The molecule has 0 saturated carbocycles. The molecular weight excluding hydrogens is 266 g/mol. The number of hydrogen-bond donors (Lipinski definition) is 1. The average molecular weight is 283 g/mol. The number of benzene rings is 4. The Morgan fingerprint density at radius 3 is 1.64 bits per heavy atom. The average Bonchev–Trinajstić information content (AvgIpc) is 2.61. The minimum Gasteiger partial charge on any atom is -0.399 e. The highest BCUT2D eigenvalue weighted by molar-refractivity contribution is 6.25. The van der Waals surface area contributed by atoms with Gasteiger partial charge in [-0.3, -0.25) is 0 Å². The van der Waals surface area contributed by atoms with Crippen LogP contribution in [0.3, 0.4) is 0 Å². The van der Waals surface area contributed by atoms with Crippen LogP contribution in [0.15, 0.2) is 72.8 Å². The van der Waals surface area contributed by atoms with Crippen molar-refractivity contribution in [2.24, 2.45) is 5.73 Å². The molecule has 1 nitrogen and oxygen atoms in total. The quantitative estimate of drug-likeness (QED) is 0.461. The van der Waals surface area contributed by atoms with Crippen LogP contribution in [-0.4, -0.2) is 0 Å². The topological polar surface area (TPSA) is 26.0 Å². The summed E-state index contributed by atoms with van der Waals surface area (Å²) in [5.74, 6) is 0.